The number of benzene rings is 2. The Morgan fingerprint density at radius 2 is 1.81 bits per heavy atom. The SMILES string of the molecule is CC(C)(C)OC(=O)N[C@H]1CCN([C@H]2CCC[C@@H](Nc3ncc(Cl)c(-c4cn(-c5ccccc5)c5ccccc45)n3)C2)C1. The zero-order valence-electron chi connectivity index (χ0n) is 24.5. The van der Waals surface area contributed by atoms with Crippen LogP contribution in [0.1, 0.15) is 52.9 Å². The summed E-state index contributed by atoms with van der Waals surface area (Å²) < 4.78 is 7.64. The molecule has 0 radical (unpaired) electrons. The maximum Gasteiger partial charge on any atom is 0.407 e. The number of rotatable bonds is 6. The summed E-state index contributed by atoms with van der Waals surface area (Å²) >= 11 is 6.72. The van der Waals surface area contributed by atoms with Crippen molar-refractivity contribution in [3.63, 3.8) is 0 Å². The van der Waals surface area contributed by atoms with E-state index in [1.165, 1.54) is 0 Å². The van der Waals surface area contributed by atoms with Gasteiger partial charge in [-0.1, -0.05) is 48.0 Å². The van der Waals surface area contributed by atoms with Crippen molar-refractivity contribution in [1.82, 2.24) is 24.8 Å². The van der Waals surface area contributed by atoms with Crippen molar-refractivity contribution in [2.45, 2.75) is 76.6 Å². The number of fused-ring (bicyclic) bond motifs is 1. The Bertz CT molecular complexity index is 1550. The number of carbonyl (C=O) groups is 1. The standard InChI is InChI=1S/C33H39ClN6O2/c1-33(2,3)42-32(41)37-23-16-17-39(20-23)25-13-9-10-22(18-25)36-31-35-19-28(34)30(38-31)27-21-40(24-11-5-4-6-12-24)29-15-8-7-14-26(27)29/h4-8,11-12,14-15,19,21-23,25H,9-10,13,16-18,20H2,1-3H3,(H,37,41)(H,35,36,38)/t22-,23+,25+/m1/s1. The molecule has 0 unspecified atom stereocenters. The highest BCUT2D eigenvalue weighted by molar-refractivity contribution is 6.33. The zero-order valence-corrected chi connectivity index (χ0v) is 25.3. The molecular weight excluding hydrogens is 548 g/mol. The first kappa shape index (κ1) is 28.5. The first-order valence-corrected chi connectivity index (χ1v) is 15.3. The molecule has 2 fully saturated rings. The maximum absolute atomic E-state index is 12.3. The van der Waals surface area contributed by atoms with Crippen LogP contribution in [0.15, 0.2) is 67.0 Å². The fourth-order valence-electron chi connectivity index (χ4n) is 6.32. The molecule has 220 valence electrons. The highest BCUT2D eigenvalue weighted by Gasteiger charge is 2.33. The number of hydrogen-bond acceptors (Lipinski definition) is 6. The molecule has 1 amide bonds. The van der Waals surface area contributed by atoms with E-state index in [-0.39, 0.29) is 18.2 Å². The van der Waals surface area contributed by atoms with Gasteiger partial charge in [0.2, 0.25) is 5.95 Å². The predicted octanol–water partition coefficient (Wildman–Crippen LogP) is 7.06. The maximum atomic E-state index is 12.3. The summed E-state index contributed by atoms with van der Waals surface area (Å²) in [6.07, 6.45) is 8.79. The number of carbonyl (C=O) groups excluding carboxylic acids is 1. The number of ether oxygens (including phenoxy) is 1. The molecule has 4 aromatic rings. The number of amides is 1. The van der Waals surface area contributed by atoms with Gasteiger partial charge in [0.25, 0.3) is 0 Å². The van der Waals surface area contributed by atoms with E-state index in [0.717, 1.165) is 73.0 Å². The van der Waals surface area contributed by atoms with E-state index >= 15 is 0 Å². The molecule has 42 heavy (non-hydrogen) atoms. The summed E-state index contributed by atoms with van der Waals surface area (Å²) in [7, 11) is 0. The molecule has 3 atom stereocenters. The van der Waals surface area contributed by atoms with Crippen LogP contribution in [0, 0.1) is 0 Å². The lowest BCUT2D eigenvalue weighted by molar-refractivity contribution is 0.0503. The van der Waals surface area contributed by atoms with Crippen LogP contribution >= 0.6 is 11.6 Å². The van der Waals surface area contributed by atoms with Gasteiger partial charge in [-0.15, -0.1) is 0 Å². The Morgan fingerprint density at radius 1 is 1.02 bits per heavy atom. The third-order valence-electron chi connectivity index (χ3n) is 8.18. The molecule has 1 aliphatic carbocycles. The number of nitrogens with zero attached hydrogens (tertiary/aromatic N) is 4. The third kappa shape index (κ3) is 6.40. The summed E-state index contributed by atoms with van der Waals surface area (Å²) in [6, 6.07) is 19.5. The van der Waals surface area contributed by atoms with Crippen LogP contribution in [0.25, 0.3) is 27.8 Å². The number of para-hydroxylation sites is 2. The molecule has 0 spiro atoms. The number of anilines is 1. The van der Waals surface area contributed by atoms with E-state index in [0.29, 0.717) is 17.0 Å². The number of nitrogens with one attached hydrogen (secondary N) is 2. The second-order valence-electron chi connectivity index (χ2n) is 12.4. The molecule has 6 rings (SSSR count). The average molecular weight is 587 g/mol. The lowest BCUT2D eigenvalue weighted by Crippen LogP contribution is -2.44. The highest BCUT2D eigenvalue weighted by atomic mass is 35.5. The van der Waals surface area contributed by atoms with Crippen molar-refractivity contribution in [3.8, 4) is 16.9 Å². The van der Waals surface area contributed by atoms with Crippen molar-refractivity contribution in [2.75, 3.05) is 18.4 Å². The van der Waals surface area contributed by atoms with E-state index < -0.39 is 5.60 Å². The Labute approximate surface area is 252 Å². The van der Waals surface area contributed by atoms with Crippen LogP contribution in [0.3, 0.4) is 0 Å². The van der Waals surface area contributed by atoms with Gasteiger partial charge in [-0.25, -0.2) is 14.8 Å². The van der Waals surface area contributed by atoms with Crippen LogP contribution < -0.4 is 10.6 Å². The molecule has 1 aliphatic heterocycles. The van der Waals surface area contributed by atoms with Gasteiger partial charge in [-0.3, -0.25) is 4.90 Å². The summed E-state index contributed by atoms with van der Waals surface area (Å²) in [4.78, 5) is 24.3. The topological polar surface area (TPSA) is 84.3 Å². The number of alkyl carbamates (subject to hydrolysis) is 1. The first-order chi connectivity index (χ1) is 20.2. The molecule has 2 aromatic heterocycles. The molecule has 1 saturated heterocycles. The van der Waals surface area contributed by atoms with Gasteiger partial charge in [-0.2, -0.15) is 0 Å². The molecule has 3 heterocycles. The summed E-state index contributed by atoms with van der Waals surface area (Å²) in [5, 5.41) is 8.30. The number of likely N-dealkylation sites (tertiary alicyclic amines) is 1. The average Bonchev–Trinajstić information content (AvgIpc) is 3.59. The molecule has 2 aliphatic rings. The van der Waals surface area contributed by atoms with Gasteiger partial charge in [0.05, 0.1) is 22.4 Å². The third-order valence-corrected chi connectivity index (χ3v) is 8.46. The van der Waals surface area contributed by atoms with Gasteiger partial charge in [0.1, 0.15) is 5.60 Å². The molecule has 8 nitrogen and oxygen atoms in total. The fourth-order valence-corrected chi connectivity index (χ4v) is 6.51. The van der Waals surface area contributed by atoms with Gasteiger partial charge in [0.15, 0.2) is 0 Å². The molecule has 0 bridgehead atoms. The number of hydrogen-bond donors (Lipinski definition) is 2. The Kier molecular flexibility index (Phi) is 8.10. The van der Waals surface area contributed by atoms with Crippen molar-refractivity contribution < 1.29 is 9.53 Å². The van der Waals surface area contributed by atoms with Gasteiger partial charge >= 0.3 is 6.09 Å². The van der Waals surface area contributed by atoms with Gasteiger partial charge in [0, 0.05) is 54.0 Å². The Balaban J connectivity index is 1.15. The smallest absolute Gasteiger partial charge is 0.407 e. The second-order valence-corrected chi connectivity index (χ2v) is 12.9. The zero-order chi connectivity index (χ0) is 29.3. The number of halogens is 1. The van der Waals surface area contributed by atoms with Crippen LogP contribution in [0.4, 0.5) is 10.7 Å². The first-order valence-electron chi connectivity index (χ1n) is 14.9. The summed E-state index contributed by atoms with van der Waals surface area (Å²) in [6.45, 7) is 7.49. The molecule has 2 N–H and O–H groups in total. The van der Waals surface area contributed by atoms with Crippen molar-refractivity contribution in [3.05, 3.63) is 72.0 Å². The van der Waals surface area contributed by atoms with Gasteiger partial charge < -0.3 is 19.9 Å². The fraction of sp³-hybridized carbons (Fsp3) is 0.424. The van der Waals surface area contributed by atoms with E-state index in [1.54, 1.807) is 6.20 Å². The lowest BCUT2D eigenvalue weighted by atomic mass is 9.90. The van der Waals surface area contributed by atoms with E-state index in [4.69, 9.17) is 21.3 Å². The summed E-state index contributed by atoms with van der Waals surface area (Å²) in [5.41, 5.74) is 3.40. The largest absolute Gasteiger partial charge is 0.444 e. The van der Waals surface area contributed by atoms with Crippen LogP contribution in [0.5, 0.6) is 0 Å². The minimum atomic E-state index is -0.493. The van der Waals surface area contributed by atoms with E-state index in [2.05, 4.69) is 61.6 Å². The molecular formula is C33H39ClN6O2. The monoisotopic (exact) mass is 586 g/mol. The second kappa shape index (κ2) is 11.9. The van der Waals surface area contributed by atoms with Crippen molar-refractivity contribution in [1.29, 1.82) is 0 Å². The van der Waals surface area contributed by atoms with Gasteiger partial charge in [-0.05, 0) is 71.1 Å². The number of aromatic nitrogens is 3. The summed E-state index contributed by atoms with van der Waals surface area (Å²) in [5.74, 6) is 0.600. The normalized spacial score (nSPS) is 21.4. The Morgan fingerprint density at radius 3 is 2.62 bits per heavy atom. The quantitative estimate of drug-likeness (QED) is 0.251. The van der Waals surface area contributed by atoms with Crippen LogP contribution in [0.2, 0.25) is 5.02 Å². The van der Waals surface area contributed by atoms with Crippen LogP contribution in [-0.4, -0.2) is 62.3 Å². The van der Waals surface area contributed by atoms with Crippen molar-refractivity contribution in [2.24, 2.45) is 0 Å². The van der Waals surface area contributed by atoms with Crippen LogP contribution in [-0.2, 0) is 4.74 Å². The van der Waals surface area contributed by atoms with E-state index in [9.17, 15) is 4.79 Å². The minimum Gasteiger partial charge on any atom is -0.444 e. The molecule has 2 aromatic carbocycles. The Hall–Kier alpha value is -3.62. The predicted molar refractivity (Wildman–Crippen MR) is 168 cm³/mol. The molecule has 1 saturated carbocycles. The van der Waals surface area contributed by atoms with Crippen molar-refractivity contribution >= 4 is 34.5 Å². The lowest BCUT2D eigenvalue weighted by Gasteiger charge is -2.35. The minimum absolute atomic E-state index is 0.119. The highest BCUT2D eigenvalue weighted by Crippen LogP contribution is 2.36. The molecule has 9 heteroatoms. The van der Waals surface area contributed by atoms with E-state index in [1.807, 2.05) is 45.0 Å².